The van der Waals surface area contributed by atoms with Crippen LogP contribution in [0.25, 0.3) is 0 Å². The number of aromatic nitrogens is 1. The van der Waals surface area contributed by atoms with Crippen LogP contribution in [0.1, 0.15) is 39.3 Å². The van der Waals surface area contributed by atoms with E-state index in [9.17, 15) is 0 Å². The summed E-state index contributed by atoms with van der Waals surface area (Å²) in [7, 11) is 0. The molecule has 0 spiro atoms. The number of nitrogens with two attached hydrogens (primary N) is 1. The Morgan fingerprint density at radius 3 is 2.63 bits per heavy atom. The maximum absolute atomic E-state index is 8.71. The molecular formula is C14H24N4O. The second-order valence-corrected chi connectivity index (χ2v) is 4.61. The van der Waals surface area contributed by atoms with Gasteiger partial charge < -0.3 is 15.8 Å². The Hall–Kier alpha value is -1.78. The summed E-state index contributed by atoms with van der Waals surface area (Å²) in [5, 5.41) is 11.7. The Balaban J connectivity index is 2.92. The molecule has 0 saturated heterocycles. The Bertz CT molecular complexity index is 416. The molecule has 0 atom stereocenters. The Labute approximate surface area is 115 Å². The largest absolute Gasteiger partial charge is 0.409 e. The summed E-state index contributed by atoms with van der Waals surface area (Å²) in [4.78, 5) is 6.40. The second-order valence-electron chi connectivity index (χ2n) is 4.61. The number of amidine groups is 1. The van der Waals surface area contributed by atoms with Gasteiger partial charge >= 0.3 is 0 Å². The Morgan fingerprint density at radius 1 is 1.42 bits per heavy atom. The van der Waals surface area contributed by atoms with Crippen molar-refractivity contribution in [1.29, 1.82) is 0 Å². The van der Waals surface area contributed by atoms with Gasteiger partial charge in [-0.05, 0) is 25.0 Å². The van der Waals surface area contributed by atoms with E-state index in [4.69, 9.17) is 10.9 Å². The lowest BCUT2D eigenvalue weighted by Gasteiger charge is -2.27. The maximum atomic E-state index is 8.71. The van der Waals surface area contributed by atoms with Crippen molar-refractivity contribution in [2.45, 2.75) is 33.6 Å². The molecule has 19 heavy (non-hydrogen) atoms. The predicted octanol–water partition coefficient (Wildman–Crippen LogP) is 2.44. The molecule has 0 aromatic carbocycles. The van der Waals surface area contributed by atoms with Crippen molar-refractivity contribution in [3.8, 4) is 0 Å². The summed E-state index contributed by atoms with van der Waals surface area (Å²) in [6.45, 7) is 8.51. The highest BCUT2D eigenvalue weighted by atomic mass is 16.4. The highest BCUT2D eigenvalue weighted by molar-refractivity contribution is 5.95. The molecule has 0 unspecified atom stereocenters. The number of nitrogens with zero attached hydrogens (tertiary/aromatic N) is 3. The fraction of sp³-hybridized carbons (Fsp3) is 0.571. The molecule has 0 aliphatic heterocycles. The third-order valence-corrected chi connectivity index (χ3v) is 3.49. The number of pyridine rings is 1. The van der Waals surface area contributed by atoms with Gasteiger partial charge in [0.2, 0.25) is 0 Å². The van der Waals surface area contributed by atoms with Gasteiger partial charge in [-0.25, -0.2) is 0 Å². The highest BCUT2D eigenvalue weighted by Crippen LogP contribution is 2.18. The molecule has 1 aromatic heterocycles. The lowest BCUT2D eigenvalue weighted by molar-refractivity contribution is 0.318. The van der Waals surface area contributed by atoms with Crippen LogP contribution in [0.2, 0.25) is 0 Å². The van der Waals surface area contributed by atoms with E-state index in [1.54, 1.807) is 6.20 Å². The van der Waals surface area contributed by atoms with Crippen LogP contribution >= 0.6 is 0 Å². The fourth-order valence-corrected chi connectivity index (χ4v) is 2.08. The van der Waals surface area contributed by atoms with Gasteiger partial charge in [-0.2, -0.15) is 0 Å². The number of rotatable bonds is 7. The van der Waals surface area contributed by atoms with E-state index in [1.165, 1.54) is 12.8 Å². The summed E-state index contributed by atoms with van der Waals surface area (Å²) >= 11 is 0. The zero-order valence-corrected chi connectivity index (χ0v) is 12.0. The molecule has 0 fully saturated rings. The molecular weight excluding hydrogens is 240 g/mol. The first kappa shape index (κ1) is 15.3. The van der Waals surface area contributed by atoms with Crippen LogP contribution in [0.5, 0.6) is 0 Å². The monoisotopic (exact) mass is 264 g/mol. The first-order chi connectivity index (χ1) is 9.15. The predicted molar refractivity (Wildman–Crippen MR) is 78.7 cm³/mol. The number of anilines is 1. The van der Waals surface area contributed by atoms with Crippen LogP contribution in [-0.4, -0.2) is 29.1 Å². The highest BCUT2D eigenvalue weighted by Gasteiger charge is 2.12. The van der Waals surface area contributed by atoms with Gasteiger partial charge in [-0.1, -0.05) is 31.8 Å². The fourth-order valence-electron chi connectivity index (χ4n) is 2.08. The SMILES string of the molecule is CCC(CC)CN(CC)c1ccnc(C(N)=NO)c1. The van der Waals surface area contributed by atoms with Crippen LogP contribution in [0.15, 0.2) is 23.5 Å². The zero-order valence-electron chi connectivity index (χ0n) is 12.0. The Morgan fingerprint density at radius 2 is 2.11 bits per heavy atom. The molecule has 0 saturated carbocycles. The van der Waals surface area contributed by atoms with Gasteiger partial charge in [0.25, 0.3) is 0 Å². The van der Waals surface area contributed by atoms with Crippen molar-refractivity contribution in [2.75, 3.05) is 18.0 Å². The van der Waals surface area contributed by atoms with Crippen molar-refractivity contribution >= 4 is 11.5 Å². The molecule has 1 aromatic rings. The van der Waals surface area contributed by atoms with Gasteiger partial charge in [-0.3, -0.25) is 4.98 Å². The quantitative estimate of drug-likeness (QED) is 0.343. The molecule has 106 valence electrons. The Kier molecular flexibility index (Phi) is 6.12. The number of oxime groups is 1. The minimum Gasteiger partial charge on any atom is -0.409 e. The third kappa shape index (κ3) is 4.12. The van der Waals surface area contributed by atoms with Crippen LogP contribution in [0, 0.1) is 5.92 Å². The van der Waals surface area contributed by atoms with Crippen molar-refractivity contribution in [3.63, 3.8) is 0 Å². The maximum Gasteiger partial charge on any atom is 0.188 e. The molecule has 0 aliphatic carbocycles. The molecule has 0 radical (unpaired) electrons. The van der Waals surface area contributed by atoms with Crippen LogP contribution in [0.4, 0.5) is 5.69 Å². The summed E-state index contributed by atoms with van der Waals surface area (Å²) < 4.78 is 0. The minimum absolute atomic E-state index is 0.0421. The minimum atomic E-state index is 0.0421. The van der Waals surface area contributed by atoms with Crippen LogP contribution < -0.4 is 10.6 Å². The van der Waals surface area contributed by atoms with Gasteiger partial charge in [0, 0.05) is 25.0 Å². The smallest absolute Gasteiger partial charge is 0.188 e. The molecule has 5 heteroatoms. The molecule has 0 bridgehead atoms. The third-order valence-electron chi connectivity index (χ3n) is 3.49. The van der Waals surface area contributed by atoms with Gasteiger partial charge in [0.05, 0.1) is 0 Å². The summed E-state index contributed by atoms with van der Waals surface area (Å²) in [6, 6.07) is 3.82. The lowest BCUT2D eigenvalue weighted by atomic mass is 10.0. The summed E-state index contributed by atoms with van der Waals surface area (Å²) in [5.74, 6) is 0.723. The van der Waals surface area contributed by atoms with Gasteiger partial charge in [0.1, 0.15) is 5.69 Å². The van der Waals surface area contributed by atoms with Crippen LogP contribution in [0.3, 0.4) is 0 Å². The van der Waals surface area contributed by atoms with Crippen molar-refractivity contribution in [3.05, 3.63) is 24.0 Å². The van der Waals surface area contributed by atoms with Gasteiger partial charge in [0.15, 0.2) is 5.84 Å². The standard InChI is InChI=1S/C14H24N4O/c1-4-11(5-2)10-18(6-3)12-7-8-16-13(9-12)14(15)17-19/h7-9,11,19H,4-6,10H2,1-3H3,(H2,15,17). The van der Waals surface area contributed by atoms with E-state index in [-0.39, 0.29) is 5.84 Å². The second kappa shape index (κ2) is 7.61. The van der Waals surface area contributed by atoms with E-state index in [2.05, 4.69) is 35.8 Å². The first-order valence-electron chi connectivity index (χ1n) is 6.85. The van der Waals surface area contributed by atoms with Crippen molar-refractivity contribution in [1.82, 2.24) is 4.98 Å². The molecule has 0 aliphatic rings. The molecule has 3 N–H and O–H groups in total. The first-order valence-corrected chi connectivity index (χ1v) is 6.85. The van der Waals surface area contributed by atoms with Gasteiger partial charge in [-0.15, -0.1) is 0 Å². The average Bonchev–Trinajstić information content (AvgIpc) is 2.48. The van der Waals surface area contributed by atoms with E-state index < -0.39 is 0 Å². The topological polar surface area (TPSA) is 74.7 Å². The van der Waals surface area contributed by atoms with E-state index in [0.29, 0.717) is 11.6 Å². The average molecular weight is 264 g/mol. The lowest BCUT2D eigenvalue weighted by Crippen LogP contribution is -2.29. The normalized spacial score (nSPS) is 11.9. The van der Waals surface area contributed by atoms with Crippen molar-refractivity contribution < 1.29 is 5.21 Å². The van der Waals surface area contributed by atoms with E-state index in [1.807, 2.05) is 12.1 Å². The van der Waals surface area contributed by atoms with E-state index in [0.717, 1.165) is 18.8 Å². The molecule has 1 heterocycles. The van der Waals surface area contributed by atoms with Crippen LogP contribution in [-0.2, 0) is 0 Å². The number of hydrogen-bond donors (Lipinski definition) is 2. The van der Waals surface area contributed by atoms with Crippen molar-refractivity contribution in [2.24, 2.45) is 16.8 Å². The molecule has 5 nitrogen and oxygen atoms in total. The van der Waals surface area contributed by atoms with E-state index >= 15 is 0 Å². The zero-order chi connectivity index (χ0) is 14.3. The number of hydrogen-bond acceptors (Lipinski definition) is 4. The molecule has 1 rings (SSSR count). The molecule has 0 amide bonds. The summed E-state index contributed by atoms with van der Waals surface area (Å²) in [5.41, 5.74) is 7.14. The summed E-state index contributed by atoms with van der Waals surface area (Å²) in [6.07, 6.45) is 4.04.